The fourth-order valence-corrected chi connectivity index (χ4v) is 1.44. The molecule has 3 unspecified atom stereocenters. The highest BCUT2D eigenvalue weighted by Crippen LogP contribution is 2.20. The van der Waals surface area contributed by atoms with Gasteiger partial charge in [-0.05, 0) is 18.8 Å². The van der Waals surface area contributed by atoms with E-state index in [-0.39, 0.29) is 6.04 Å². The molecule has 0 aromatic rings. The van der Waals surface area contributed by atoms with Gasteiger partial charge in [0.1, 0.15) is 0 Å². The summed E-state index contributed by atoms with van der Waals surface area (Å²) in [5.74, 6) is 0.487. The van der Waals surface area contributed by atoms with Crippen molar-refractivity contribution in [2.24, 2.45) is 5.92 Å². The molecule has 0 aromatic carbocycles. The van der Waals surface area contributed by atoms with Gasteiger partial charge < -0.3 is 10.4 Å². The Kier molecular flexibility index (Phi) is 6.99. The molecule has 0 fully saturated rings. The molecule has 0 amide bonds. The van der Waals surface area contributed by atoms with E-state index in [0.717, 1.165) is 19.3 Å². The third-order valence-electron chi connectivity index (χ3n) is 2.85. The van der Waals surface area contributed by atoms with Crippen molar-refractivity contribution < 1.29 is 18.3 Å². The smallest absolute Gasteiger partial charge is 0.382 e. The van der Waals surface area contributed by atoms with E-state index in [1.165, 1.54) is 0 Å². The fourth-order valence-electron chi connectivity index (χ4n) is 1.44. The highest BCUT2D eigenvalue weighted by Gasteiger charge is 2.37. The predicted molar refractivity (Wildman–Crippen MR) is 58.2 cm³/mol. The van der Waals surface area contributed by atoms with Crippen LogP contribution < -0.4 is 5.32 Å². The molecule has 0 saturated carbocycles. The van der Waals surface area contributed by atoms with Crippen molar-refractivity contribution in [1.82, 2.24) is 5.32 Å². The second-order valence-corrected chi connectivity index (χ2v) is 4.32. The van der Waals surface area contributed by atoms with Gasteiger partial charge in [0.25, 0.3) is 0 Å². The number of aliphatic hydroxyl groups is 1. The average Bonchev–Trinajstić information content (AvgIpc) is 2.21. The Hall–Kier alpha value is -0.290. The van der Waals surface area contributed by atoms with Crippen LogP contribution in [0, 0.1) is 5.92 Å². The van der Waals surface area contributed by atoms with Crippen LogP contribution in [0.2, 0.25) is 0 Å². The zero-order valence-corrected chi connectivity index (χ0v) is 10.1. The van der Waals surface area contributed by atoms with Crippen LogP contribution in [0.15, 0.2) is 0 Å². The Balaban J connectivity index is 3.96. The molecule has 0 spiro atoms. The number of nitrogens with one attached hydrogen (secondary N) is 1. The summed E-state index contributed by atoms with van der Waals surface area (Å²) >= 11 is 0. The lowest BCUT2D eigenvalue weighted by Crippen LogP contribution is -2.42. The molecule has 2 N–H and O–H groups in total. The molecule has 5 heteroatoms. The van der Waals surface area contributed by atoms with Crippen molar-refractivity contribution in [3.05, 3.63) is 0 Å². The van der Waals surface area contributed by atoms with Crippen LogP contribution in [0.5, 0.6) is 0 Å². The van der Waals surface area contributed by atoms with Crippen LogP contribution in [0.4, 0.5) is 13.2 Å². The van der Waals surface area contributed by atoms with Gasteiger partial charge in [0.15, 0.2) is 6.10 Å². The molecule has 0 saturated heterocycles. The Morgan fingerprint density at radius 3 is 2.12 bits per heavy atom. The summed E-state index contributed by atoms with van der Waals surface area (Å²) < 4.78 is 36.1. The molecule has 0 aromatic heterocycles. The van der Waals surface area contributed by atoms with E-state index in [9.17, 15) is 13.2 Å². The Labute approximate surface area is 95.2 Å². The van der Waals surface area contributed by atoms with Gasteiger partial charge in [0.2, 0.25) is 0 Å². The van der Waals surface area contributed by atoms with Crippen molar-refractivity contribution >= 4 is 0 Å². The maximum absolute atomic E-state index is 12.0. The number of halogens is 3. The quantitative estimate of drug-likeness (QED) is 0.718. The molecular weight excluding hydrogens is 219 g/mol. The first-order valence-electron chi connectivity index (χ1n) is 5.79. The zero-order chi connectivity index (χ0) is 12.8. The van der Waals surface area contributed by atoms with Crippen molar-refractivity contribution in [3.8, 4) is 0 Å². The van der Waals surface area contributed by atoms with Crippen molar-refractivity contribution in [2.45, 2.75) is 58.4 Å². The topological polar surface area (TPSA) is 32.3 Å². The first kappa shape index (κ1) is 15.7. The Morgan fingerprint density at radius 2 is 1.75 bits per heavy atom. The lowest BCUT2D eigenvalue weighted by Gasteiger charge is -2.23. The van der Waals surface area contributed by atoms with Crippen LogP contribution in [0.3, 0.4) is 0 Å². The first-order valence-corrected chi connectivity index (χ1v) is 5.79. The number of rotatable bonds is 7. The zero-order valence-electron chi connectivity index (χ0n) is 10.1. The van der Waals surface area contributed by atoms with Crippen LogP contribution >= 0.6 is 0 Å². The average molecular weight is 241 g/mol. The minimum atomic E-state index is -4.53. The summed E-state index contributed by atoms with van der Waals surface area (Å²) in [4.78, 5) is 0. The highest BCUT2D eigenvalue weighted by atomic mass is 19.4. The van der Waals surface area contributed by atoms with Gasteiger partial charge in [-0.1, -0.05) is 27.2 Å². The monoisotopic (exact) mass is 241 g/mol. The van der Waals surface area contributed by atoms with Gasteiger partial charge in [-0.3, -0.25) is 0 Å². The molecule has 0 rings (SSSR count). The van der Waals surface area contributed by atoms with E-state index in [1.807, 2.05) is 6.92 Å². The molecule has 0 aliphatic carbocycles. The molecular formula is C11H22F3NO. The third kappa shape index (κ3) is 6.33. The Bertz CT molecular complexity index is 185. The van der Waals surface area contributed by atoms with Gasteiger partial charge >= 0.3 is 6.18 Å². The predicted octanol–water partition coefficient (Wildman–Crippen LogP) is 2.71. The summed E-state index contributed by atoms with van der Waals surface area (Å²) in [5, 5.41) is 11.6. The molecule has 2 nitrogen and oxygen atoms in total. The van der Waals surface area contributed by atoms with Crippen molar-refractivity contribution in [1.29, 1.82) is 0 Å². The van der Waals surface area contributed by atoms with E-state index in [1.54, 1.807) is 0 Å². The van der Waals surface area contributed by atoms with Gasteiger partial charge in [-0.15, -0.1) is 0 Å². The van der Waals surface area contributed by atoms with Crippen LogP contribution in [-0.4, -0.2) is 30.0 Å². The lowest BCUT2D eigenvalue weighted by atomic mass is 9.98. The van der Waals surface area contributed by atoms with E-state index < -0.39 is 18.8 Å². The van der Waals surface area contributed by atoms with Gasteiger partial charge in [-0.25, -0.2) is 0 Å². The standard InChI is InChI=1S/C11H22F3NO/c1-4-8(3)6-9(5-2)15-7-10(16)11(12,13)14/h8-10,15-16H,4-7H2,1-3H3. The minimum absolute atomic E-state index is 0.0481. The molecule has 0 bridgehead atoms. The van der Waals surface area contributed by atoms with E-state index >= 15 is 0 Å². The number of aliphatic hydroxyl groups excluding tert-OH is 1. The van der Waals surface area contributed by atoms with Crippen LogP contribution in [0.1, 0.15) is 40.0 Å². The normalized spacial score (nSPS) is 18.2. The second-order valence-electron chi connectivity index (χ2n) is 4.32. The molecule has 0 aliphatic rings. The summed E-state index contributed by atoms with van der Waals surface area (Å²) in [7, 11) is 0. The van der Waals surface area contributed by atoms with Crippen molar-refractivity contribution in [3.63, 3.8) is 0 Å². The molecule has 3 atom stereocenters. The Morgan fingerprint density at radius 1 is 1.19 bits per heavy atom. The second kappa shape index (κ2) is 7.12. The van der Waals surface area contributed by atoms with Gasteiger partial charge in [0.05, 0.1) is 0 Å². The van der Waals surface area contributed by atoms with Crippen LogP contribution in [-0.2, 0) is 0 Å². The third-order valence-corrected chi connectivity index (χ3v) is 2.85. The summed E-state index contributed by atoms with van der Waals surface area (Å²) in [6.45, 7) is 5.64. The highest BCUT2D eigenvalue weighted by molar-refractivity contribution is 4.73. The minimum Gasteiger partial charge on any atom is -0.382 e. The van der Waals surface area contributed by atoms with Crippen LogP contribution in [0.25, 0.3) is 0 Å². The largest absolute Gasteiger partial charge is 0.415 e. The molecule has 0 radical (unpaired) electrons. The van der Waals surface area contributed by atoms with E-state index in [2.05, 4.69) is 19.2 Å². The van der Waals surface area contributed by atoms with E-state index in [4.69, 9.17) is 5.11 Å². The summed E-state index contributed by atoms with van der Waals surface area (Å²) in [5.41, 5.74) is 0. The molecule has 98 valence electrons. The maximum atomic E-state index is 12.0. The van der Waals surface area contributed by atoms with Gasteiger partial charge in [-0.2, -0.15) is 13.2 Å². The summed E-state index contributed by atoms with van der Waals surface area (Å²) in [6.07, 6.45) is -4.16. The van der Waals surface area contributed by atoms with Crippen molar-refractivity contribution in [2.75, 3.05) is 6.54 Å². The molecule has 0 heterocycles. The fraction of sp³-hybridized carbons (Fsp3) is 1.00. The van der Waals surface area contributed by atoms with E-state index in [0.29, 0.717) is 5.92 Å². The lowest BCUT2D eigenvalue weighted by molar-refractivity contribution is -0.202. The number of hydrogen-bond donors (Lipinski definition) is 2. The van der Waals surface area contributed by atoms with Gasteiger partial charge in [0, 0.05) is 12.6 Å². The first-order chi connectivity index (χ1) is 7.31. The number of alkyl halides is 3. The maximum Gasteiger partial charge on any atom is 0.415 e. The SMILES string of the molecule is CCC(C)CC(CC)NCC(O)C(F)(F)F. The molecule has 16 heavy (non-hydrogen) atoms. The summed E-state index contributed by atoms with van der Waals surface area (Å²) in [6, 6.07) is 0.0481. The number of hydrogen-bond acceptors (Lipinski definition) is 2. The molecule has 0 aliphatic heterocycles.